The largest absolute Gasteiger partial charge is 0.330 e. The van der Waals surface area contributed by atoms with Gasteiger partial charge in [-0.25, -0.2) is 8.42 Å². The second-order valence-corrected chi connectivity index (χ2v) is 14.2. The Morgan fingerprint density at radius 1 is 1.00 bits per heavy atom. The molecule has 204 valence electrons. The van der Waals surface area contributed by atoms with Crippen molar-refractivity contribution in [2.75, 3.05) is 19.6 Å². The Kier molecular flexibility index (Phi) is 7.68. The molecule has 7 heteroatoms. The van der Waals surface area contributed by atoms with Crippen molar-refractivity contribution in [3.05, 3.63) is 99.7 Å². The lowest BCUT2D eigenvalue weighted by atomic mass is 9.85. The highest BCUT2D eigenvalue weighted by atomic mass is 32.2. The number of carbonyl (C=O) groups is 1. The van der Waals surface area contributed by atoms with Gasteiger partial charge in [-0.05, 0) is 69.3 Å². The Labute approximate surface area is 236 Å². The van der Waals surface area contributed by atoms with Gasteiger partial charge in [0, 0.05) is 18.0 Å². The third kappa shape index (κ3) is 5.53. The first-order chi connectivity index (χ1) is 18.6. The minimum Gasteiger partial charge on any atom is -0.330 e. The molecule has 1 aromatic heterocycles. The molecule has 0 spiro atoms. The van der Waals surface area contributed by atoms with Crippen molar-refractivity contribution < 1.29 is 13.2 Å². The lowest BCUT2D eigenvalue weighted by Crippen LogP contribution is -2.46. The SMILES string of the molecule is CCCN(CC(=O)N1CCc2sccc2C1c1ccc(C(C)(C)C)cc1)S(=O)(=O)c1ccc2ccccc2c1. The van der Waals surface area contributed by atoms with Crippen molar-refractivity contribution in [1.29, 1.82) is 0 Å². The van der Waals surface area contributed by atoms with Crippen molar-refractivity contribution in [1.82, 2.24) is 9.21 Å². The van der Waals surface area contributed by atoms with Crippen molar-refractivity contribution in [3.8, 4) is 0 Å². The van der Waals surface area contributed by atoms with Gasteiger partial charge in [0.05, 0.1) is 17.5 Å². The summed E-state index contributed by atoms with van der Waals surface area (Å²) in [7, 11) is -3.85. The fourth-order valence-electron chi connectivity index (χ4n) is 5.36. The van der Waals surface area contributed by atoms with Crippen LogP contribution in [0.5, 0.6) is 0 Å². The molecule has 1 aliphatic heterocycles. The van der Waals surface area contributed by atoms with E-state index < -0.39 is 10.0 Å². The molecular formula is C32H36N2O3S2. The van der Waals surface area contributed by atoms with Crippen molar-refractivity contribution in [3.63, 3.8) is 0 Å². The standard InChI is InChI=1S/C32H36N2O3S2/c1-5-18-33(39(36,37)27-15-12-23-8-6-7-9-25(23)21-27)22-30(35)34-19-16-29-28(17-20-38-29)31(34)24-10-13-26(14-11-24)32(2,3)4/h6-15,17,20-21,31H,5,16,18-19,22H2,1-4H3. The van der Waals surface area contributed by atoms with Gasteiger partial charge in [-0.2, -0.15) is 4.31 Å². The lowest BCUT2D eigenvalue weighted by molar-refractivity contribution is -0.133. The maximum Gasteiger partial charge on any atom is 0.243 e. The van der Waals surface area contributed by atoms with E-state index in [9.17, 15) is 13.2 Å². The van der Waals surface area contributed by atoms with Gasteiger partial charge >= 0.3 is 0 Å². The van der Waals surface area contributed by atoms with E-state index in [4.69, 9.17) is 0 Å². The van der Waals surface area contributed by atoms with E-state index in [-0.39, 0.29) is 35.3 Å². The third-order valence-electron chi connectivity index (χ3n) is 7.52. The number of fused-ring (bicyclic) bond motifs is 2. The summed E-state index contributed by atoms with van der Waals surface area (Å²) < 4.78 is 28.9. The quantitative estimate of drug-likeness (QED) is 0.251. The van der Waals surface area contributed by atoms with Crippen LogP contribution in [-0.4, -0.2) is 43.2 Å². The molecule has 0 aliphatic carbocycles. The Morgan fingerprint density at radius 2 is 1.72 bits per heavy atom. The fourth-order valence-corrected chi connectivity index (χ4v) is 7.78. The smallest absolute Gasteiger partial charge is 0.243 e. The van der Waals surface area contributed by atoms with Crippen molar-refractivity contribution in [2.24, 2.45) is 0 Å². The third-order valence-corrected chi connectivity index (χ3v) is 10.4. The van der Waals surface area contributed by atoms with Crippen LogP contribution in [0.3, 0.4) is 0 Å². The lowest BCUT2D eigenvalue weighted by Gasteiger charge is -2.37. The Hall–Kier alpha value is -3.00. The maximum absolute atomic E-state index is 13.9. The van der Waals surface area contributed by atoms with E-state index >= 15 is 0 Å². The molecule has 0 bridgehead atoms. The van der Waals surface area contributed by atoms with E-state index in [0.717, 1.165) is 28.3 Å². The molecule has 0 saturated heterocycles. The van der Waals surface area contributed by atoms with Crippen LogP contribution < -0.4 is 0 Å². The van der Waals surface area contributed by atoms with Crippen molar-refractivity contribution in [2.45, 2.75) is 56.9 Å². The van der Waals surface area contributed by atoms with Crippen LogP contribution in [0.4, 0.5) is 0 Å². The summed E-state index contributed by atoms with van der Waals surface area (Å²) in [4.78, 5) is 17.3. The van der Waals surface area contributed by atoms with Crippen LogP contribution in [0, 0.1) is 0 Å². The minimum absolute atomic E-state index is 0.0337. The average Bonchev–Trinajstić information content (AvgIpc) is 3.40. The molecule has 1 unspecified atom stereocenters. The molecule has 5 nitrogen and oxygen atoms in total. The normalized spacial score (nSPS) is 16.0. The number of amides is 1. The zero-order valence-electron chi connectivity index (χ0n) is 23.1. The van der Waals surface area contributed by atoms with E-state index in [2.05, 4.69) is 56.5 Å². The summed E-state index contributed by atoms with van der Waals surface area (Å²) in [5.74, 6) is -0.172. The molecule has 0 radical (unpaired) electrons. The Balaban J connectivity index is 1.46. The van der Waals surface area contributed by atoms with E-state index in [0.29, 0.717) is 13.0 Å². The predicted molar refractivity (Wildman–Crippen MR) is 160 cm³/mol. The first kappa shape index (κ1) is 27.6. The number of rotatable bonds is 7. The molecule has 0 fully saturated rings. The van der Waals surface area contributed by atoms with E-state index in [1.807, 2.05) is 42.2 Å². The Morgan fingerprint density at radius 3 is 2.41 bits per heavy atom. The van der Waals surface area contributed by atoms with Crippen LogP contribution >= 0.6 is 11.3 Å². The van der Waals surface area contributed by atoms with Crippen LogP contribution in [0.1, 0.15) is 61.7 Å². The van der Waals surface area contributed by atoms with Gasteiger partial charge < -0.3 is 4.90 Å². The molecule has 39 heavy (non-hydrogen) atoms. The summed E-state index contributed by atoms with van der Waals surface area (Å²) >= 11 is 1.73. The molecule has 0 N–H and O–H groups in total. The minimum atomic E-state index is -3.85. The Bertz CT molecular complexity index is 1580. The van der Waals surface area contributed by atoms with Crippen LogP contribution in [0.25, 0.3) is 10.8 Å². The predicted octanol–water partition coefficient (Wildman–Crippen LogP) is 6.77. The number of nitrogens with zero attached hydrogens (tertiary/aromatic N) is 2. The van der Waals surface area contributed by atoms with Crippen LogP contribution in [0.2, 0.25) is 0 Å². The number of thiophene rings is 1. The zero-order valence-corrected chi connectivity index (χ0v) is 24.7. The molecule has 5 rings (SSSR count). The number of carbonyl (C=O) groups excluding carboxylic acids is 1. The second-order valence-electron chi connectivity index (χ2n) is 11.3. The molecule has 1 atom stereocenters. The highest BCUT2D eigenvalue weighted by Crippen LogP contribution is 2.38. The van der Waals surface area contributed by atoms with Crippen LogP contribution in [0.15, 0.2) is 83.1 Å². The van der Waals surface area contributed by atoms with Crippen molar-refractivity contribution >= 4 is 38.0 Å². The topological polar surface area (TPSA) is 57.7 Å². The first-order valence-corrected chi connectivity index (χ1v) is 15.9. The molecule has 1 aliphatic rings. The highest BCUT2D eigenvalue weighted by Gasteiger charge is 2.35. The number of sulfonamides is 1. The first-order valence-electron chi connectivity index (χ1n) is 13.5. The van der Waals surface area contributed by atoms with Gasteiger partial charge in [-0.15, -0.1) is 11.3 Å². The maximum atomic E-state index is 13.9. The molecule has 2 heterocycles. The van der Waals surface area contributed by atoms with E-state index in [1.165, 1.54) is 14.7 Å². The van der Waals surface area contributed by atoms with Crippen LogP contribution in [-0.2, 0) is 26.7 Å². The molecular weight excluding hydrogens is 524 g/mol. The average molecular weight is 561 g/mol. The summed E-state index contributed by atoms with van der Waals surface area (Å²) in [6, 6.07) is 23.3. The van der Waals surface area contributed by atoms with Gasteiger partial charge in [-0.3, -0.25) is 4.79 Å². The second kappa shape index (κ2) is 10.9. The number of hydrogen-bond donors (Lipinski definition) is 0. The molecule has 4 aromatic rings. The molecule has 3 aromatic carbocycles. The molecule has 0 saturated carbocycles. The highest BCUT2D eigenvalue weighted by molar-refractivity contribution is 7.89. The van der Waals surface area contributed by atoms with Gasteiger partial charge in [0.2, 0.25) is 15.9 Å². The number of hydrogen-bond acceptors (Lipinski definition) is 4. The monoisotopic (exact) mass is 560 g/mol. The molecule has 1 amide bonds. The summed E-state index contributed by atoms with van der Waals surface area (Å²) in [5, 5.41) is 3.93. The summed E-state index contributed by atoms with van der Waals surface area (Å²) in [5.41, 5.74) is 3.46. The van der Waals surface area contributed by atoms with Gasteiger partial charge in [0.1, 0.15) is 0 Å². The fraction of sp³-hybridized carbons (Fsp3) is 0.344. The van der Waals surface area contributed by atoms with Gasteiger partial charge in [-0.1, -0.05) is 82.3 Å². The number of benzene rings is 3. The zero-order chi connectivity index (χ0) is 27.8. The van der Waals surface area contributed by atoms with E-state index in [1.54, 1.807) is 23.5 Å². The van der Waals surface area contributed by atoms with Gasteiger partial charge in [0.25, 0.3) is 0 Å². The van der Waals surface area contributed by atoms with Gasteiger partial charge in [0.15, 0.2) is 0 Å². The summed E-state index contributed by atoms with van der Waals surface area (Å²) in [6.07, 6.45) is 1.40. The summed E-state index contributed by atoms with van der Waals surface area (Å²) in [6.45, 7) is 9.16.